The molecule has 0 unspecified atom stereocenters. The lowest BCUT2D eigenvalue weighted by Gasteiger charge is -2.15. The number of nitrogens with one attached hydrogen (secondary N) is 2. The van der Waals surface area contributed by atoms with E-state index in [1.54, 1.807) is 17.0 Å². The summed E-state index contributed by atoms with van der Waals surface area (Å²) in [5.41, 5.74) is 2.29. The standard InChI is InChI=1S/C19H21FN4O3/c1-12-6-15(27-23-12)11-26-18-9-17-13(8-16(18)20)7-14(22-17)10-21-19(25)24-4-2-3-5-24/h6-9,22H,2-5,10-11H2,1H3,(H,21,25). The van der Waals surface area contributed by atoms with Crippen molar-refractivity contribution in [1.82, 2.24) is 20.4 Å². The SMILES string of the molecule is Cc1cc(COc2cc3[nH]c(CNC(=O)N4CCCC4)cc3cc2F)on1. The molecular formula is C19H21FN4O3. The zero-order valence-corrected chi connectivity index (χ0v) is 15.0. The number of likely N-dealkylation sites (tertiary alicyclic amines) is 1. The Morgan fingerprint density at radius 1 is 1.33 bits per heavy atom. The van der Waals surface area contributed by atoms with Gasteiger partial charge in [0, 0.05) is 41.8 Å². The summed E-state index contributed by atoms with van der Waals surface area (Å²) in [4.78, 5) is 17.1. The van der Waals surface area contributed by atoms with Crippen LogP contribution in [-0.2, 0) is 13.2 Å². The molecule has 2 amide bonds. The lowest BCUT2D eigenvalue weighted by Crippen LogP contribution is -2.37. The first-order valence-electron chi connectivity index (χ1n) is 8.97. The number of hydrogen-bond donors (Lipinski definition) is 2. The molecule has 0 bridgehead atoms. The van der Waals surface area contributed by atoms with Crippen molar-refractivity contribution < 1.29 is 18.4 Å². The number of rotatable bonds is 5. The van der Waals surface area contributed by atoms with Crippen LogP contribution in [0.2, 0.25) is 0 Å². The summed E-state index contributed by atoms with van der Waals surface area (Å²) in [7, 11) is 0. The Hall–Kier alpha value is -3.03. The first-order chi connectivity index (χ1) is 13.1. The van der Waals surface area contributed by atoms with Crippen LogP contribution in [0, 0.1) is 12.7 Å². The number of urea groups is 1. The molecule has 27 heavy (non-hydrogen) atoms. The number of hydrogen-bond acceptors (Lipinski definition) is 4. The van der Waals surface area contributed by atoms with Gasteiger partial charge >= 0.3 is 6.03 Å². The second kappa shape index (κ2) is 7.30. The van der Waals surface area contributed by atoms with Gasteiger partial charge in [0.2, 0.25) is 0 Å². The molecule has 3 aromatic rings. The van der Waals surface area contributed by atoms with E-state index < -0.39 is 5.82 Å². The van der Waals surface area contributed by atoms with Crippen LogP contribution >= 0.6 is 0 Å². The first-order valence-corrected chi connectivity index (χ1v) is 8.97. The lowest BCUT2D eigenvalue weighted by atomic mass is 10.2. The zero-order chi connectivity index (χ0) is 18.8. The van der Waals surface area contributed by atoms with Crippen LogP contribution in [0.5, 0.6) is 5.75 Å². The number of aryl methyl sites for hydroxylation is 1. The van der Waals surface area contributed by atoms with Gasteiger partial charge in [-0.1, -0.05) is 5.16 Å². The summed E-state index contributed by atoms with van der Waals surface area (Å²) in [5, 5.41) is 7.39. The predicted molar refractivity (Wildman–Crippen MR) is 96.9 cm³/mol. The highest BCUT2D eigenvalue weighted by Crippen LogP contribution is 2.26. The maximum Gasteiger partial charge on any atom is 0.317 e. The fourth-order valence-electron chi connectivity index (χ4n) is 3.24. The Balaban J connectivity index is 1.43. The fraction of sp³-hybridized carbons (Fsp3) is 0.368. The van der Waals surface area contributed by atoms with Crippen LogP contribution in [0.4, 0.5) is 9.18 Å². The van der Waals surface area contributed by atoms with E-state index in [1.807, 2.05) is 13.0 Å². The molecule has 142 valence electrons. The van der Waals surface area contributed by atoms with Crippen molar-refractivity contribution in [2.45, 2.75) is 32.9 Å². The molecule has 3 heterocycles. The maximum absolute atomic E-state index is 14.3. The molecule has 4 rings (SSSR count). The topological polar surface area (TPSA) is 83.4 Å². The van der Waals surface area contributed by atoms with E-state index in [9.17, 15) is 9.18 Å². The van der Waals surface area contributed by atoms with E-state index in [4.69, 9.17) is 9.26 Å². The molecule has 2 aromatic heterocycles. The second-order valence-electron chi connectivity index (χ2n) is 6.74. The third-order valence-corrected chi connectivity index (χ3v) is 4.60. The van der Waals surface area contributed by atoms with Crippen molar-refractivity contribution in [3.05, 3.63) is 47.2 Å². The molecule has 0 atom stereocenters. The number of carbonyl (C=O) groups excluding carboxylic acids is 1. The summed E-state index contributed by atoms with van der Waals surface area (Å²) in [6.07, 6.45) is 2.10. The lowest BCUT2D eigenvalue weighted by molar-refractivity contribution is 0.208. The molecular weight excluding hydrogens is 351 g/mol. The minimum absolute atomic E-state index is 0.0660. The van der Waals surface area contributed by atoms with Crippen molar-refractivity contribution >= 4 is 16.9 Å². The second-order valence-corrected chi connectivity index (χ2v) is 6.74. The zero-order valence-electron chi connectivity index (χ0n) is 15.0. The van der Waals surface area contributed by atoms with E-state index in [0.717, 1.165) is 48.2 Å². The van der Waals surface area contributed by atoms with Gasteiger partial charge in [-0.3, -0.25) is 0 Å². The Labute approximate surface area is 155 Å². The number of H-pyrrole nitrogens is 1. The molecule has 0 radical (unpaired) electrons. The normalized spacial score (nSPS) is 14.1. The molecule has 1 aliphatic heterocycles. The highest BCUT2D eigenvalue weighted by molar-refractivity contribution is 5.82. The molecule has 1 saturated heterocycles. The van der Waals surface area contributed by atoms with E-state index in [0.29, 0.717) is 12.3 Å². The van der Waals surface area contributed by atoms with Crippen molar-refractivity contribution in [2.24, 2.45) is 0 Å². The predicted octanol–water partition coefficient (Wildman–Crippen LogP) is 3.49. The molecule has 0 saturated carbocycles. The highest BCUT2D eigenvalue weighted by Gasteiger charge is 2.17. The van der Waals surface area contributed by atoms with Crippen molar-refractivity contribution in [1.29, 1.82) is 0 Å². The first kappa shape index (κ1) is 17.4. The monoisotopic (exact) mass is 372 g/mol. The number of carbonyl (C=O) groups is 1. The maximum atomic E-state index is 14.3. The average Bonchev–Trinajstić information content (AvgIpc) is 3.38. The van der Waals surface area contributed by atoms with Crippen molar-refractivity contribution in [3.63, 3.8) is 0 Å². The fourth-order valence-corrected chi connectivity index (χ4v) is 3.24. The molecule has 1 aliphatic rings. The number of amides is 2. The van der Waals surface area contributed by atoms with Gasteiger partial charge in [-0.15, -0.1) is 0 Å². The number of benzene rings is 1. The van der Waals surface area contributed by atoms with Crippen LogP contribution < -0.4 is 10.1 Å². The third kappa shape index (κ3) is 3.89. The number of ether oxygens (including phenoxy) is 1. The van der Waals surface area contributed by atoms with Crippen molar-refractivity contribution in [3.8, 4) is 5.75 Å². The van der Waals surface area contributed by atoms with Crippen LogP contribution in [0.25, 0.3) is 10.9 Å². The summed E-state index contributed by atoms with van der Waals surface area (Å²) in [5.74, 6) is 0.209. The van der Waals surface area contributed by atoms with Gasteiger partial charge in [0.1, 0.15) is 6.61 Å². The molecule has 0 spiro atoms. The van der Waals surface area contributed by atoms with Gasteiger partial charge in [-0.05, 0) is 31.9 Å². The molecule has 1 aromatic carbocycles. The smallest absolute Gasteiger partial charge is 0.317 e. The minimum Gasteiger partial charge on any atom is -0.482 e. The Kier molecular flexibility index (Phi) is 4.70. The third-order valence-electron chi connectivity index (χ3n) is 4.60. The van der Waals surface area contributed by atoms with Gasteiger partial charge in [0.25, 0.3) is 0 Å². The molecule has 7 nitrogen and oxygen atoms in total. The molecule has 8 heteroatoms. The summed E-state index contributed by atoms with van der Waals surface area (Å²) in [6, 6.07) is 6.53. The van der Waals surface area contributed by atoms with E-state index in [-0.39, 0.29) is 18.4 Å². The van der Waals surface area contributed by atoms with Gasteiger partial charge in [0.05, 0.1) is 12.2 Å². The van der Waals surface area contributed by atoms with Crippen LogP contribution in [-0.4, -0.2) is 34.2 Å². The molecule has 1 fully saturated rings. The Morgan fingerprint density at radius 2 is 2.15 bits per heavy atom. The summed E-state index contributed by atoms with van der Waals surface area (Å²) in [6.45, 7) is 3.87. The van der Waals surface area contributed by atoms with Crippen LogP contribution in [0.15, 0.2) is 28.8 Å². The largest absolute Gasteiger partial charge is 0.482 e. The summed E-state index contributed by atoms with van der Waals surface area (Å²) >= 11 is 0. The quantitative estimate of drug-likeness (QED) is 0.718. The molecule has 0 aliphatic carbocycles. The van der Waals surface area contributed by atoms with E-state index >= 15 is 0 Å². The molecule has 2 N–H and O–H groups in total. The van der Waals surface area contributed by atoms with Gasteiger partial charge < -0.3 is 24.5 Å². The number of aromatic nitrogens is 2. The number of halogens is 1. The average molecular weight is 372 g/mol. The minimum atomic E-state index is -0.453. The highest BCUT2D eigenvalue weighted by atomic mass is 19.1. The number of nitrogens with zero attached hydrogens (tertiary/aromatic N) is 2. The van der Waals surface area contributed by atoms with Gasteiger partial charge in [0.15, 0.2) is 17.3 Å². The van der Waals surface area contributed by atoms with Gasteiger partial charge in [-0.25, -0.2) is 9.18 Å². The number of aromatic amines is 1. The van der Waals surface area contributed by atoms with E-state index in [1.165, 1.54) is 6.07 Å². The van der Waals surface area contributed by atoms with Gasteiger partial charge in [-0.2, -0.15) is 0 Å². The Morgan fingerprint density at radius 3 is 2.89 bits per heavy atom. The van der Waals surface area contributed by atoms with E-state index in [2.05, 4.69) is 15.5 Å². The van der Waals surface area contributed by atoms with Crippen LogP contribution in [0.1, 0.15) is 30.0 Å². The van der Waals surface area contributed by atoms with Crippen LogP contribution in [0.3, 0.4) is 0 Å². The Bertz CT molecular complexity index is 959. The number of fused-ring (bicyclic) bond motifs is 1. The summed E-state index contributed by atoms with van der Waals surface area (Å²) < 4.78 is 24.9. The van der Waals surface area contributed by atoms with Crippen molar-refractivity contribution in [2.75, 3.05) is 13.1 Å².